The fourth-order valence-corrected chi connectivity index (χ4v) is 2.36. The minimum absolute atomic E-state index is 0.455. The van der Waals surface area contributed by atoms with E-state index in [4.69, 9.17) is 4.74 Å². The molecule has 1 aromatic heterocycles. The Labute approximate surface area is 121 Å². The maximum Gasteiger partial charge on any atom is 0.119 e. The smallest absolute Gasteiger partial charge is 0.119 e. The number of ether oxygens (including phenoxy) is 1. The molecule has 3 heteroatoms. The van der Waals surface area contributed by atoms with Gasteiger partial charge in [0.2, 0.25) is 0 Å². The van der Waals surface area contributed by atoms with E-state index in [1.165, 1.54) is 18.4 Å². The minimum Gasteiger partial charge on any atom is -0.492 e. The van der Waals surface area contributed by atoms with Gasteiger partial charge < -0.3 is 14.6 Å². The average Bonchev–Trinajstić information content (AvgIpc) is 2.94. The van der Waals surface area contributed by atoms with E-state index in [9.17, 15) is 0 Å². The fourth-order valence-electron chi connectivity index (χ4n) is 2.36. The zero-order valence-electron chi connectivity index (χ0n) is 12.4. The highest BCUT2D eigenvalue weighted by Gasteiger charge is 2.09. The molecule has 0 saturated heterocycles. The molecule has 108 valence electrons. The number of nitrogens with one attached hydrogen (secondary N) is 1. The van der Waals surface area contributed by atoms with Gasteiger partial charge in [-0.3, -0.25) is 0 Å². The summed E-state index contributed by atoms with van der Waals surface area (Å²) in [7, 11) is 2.02. The standard InChI is InChI=1S/C17H24N2O/c1-3-7-17(18-2)15-10-11-19(14-15)12-13-20-16-8-5-4-6-9-16/h4-6,8-11,14,17-18H,3,7,12-13H2,1-2H3. The Morgan fingerprint density at radius 1 is 1.20 bits per heavy atom. The van der Waals surface area contributed by atoms with Gasteiger partial charge in [-0.2, -0.15) is 0 Å². The first-order valence-electron chi connectivity index (χ1n) is 7.34. The maximum absolute atomic E-state index is 5.72. The Kier molecular flexibility index (Phi) is 5.69. The minimum atomic E-state index is 0.455. The lowest BCUT2D eigenvalue weighted by Gasteiger charge is -2.13. The highest BCUT2D eigenvalue weighted by molar-refractivity contribution is 5.21. The molecule has 0 fully saturated rings. The van der Waals surface area contributed by atoms with E-state index in [1.807, 2.05) is 37.4 Å². The van der Waals surface area contributed by atoms with Crippen molar-refractivity contribution in [3.8, 4) is 5.75 Å². The maximum atomic E-state index is 5.72. The van der Waals surface area contributed by atoms with Crippen molar-refractivity contribution < 1.29 is 4.74 Å². The highest BCUT2D eigenvalue weighted by atomic mass is 16.5. The van der Waals surface area contributed by atoms with Gasteiger partial charge in [0.1, 0.15) is 12.4 Å². The van der Waals surface area contributed by atoms with Crippen molar-refractivity contribution in [1.29, 1.82) is 0 Å². The van der Waals surface area contributed by atoms with Gasteiger partial charge in [0.25, 0.3) is 0 Å². The molecule has 3 nitrogen and oxygen atoms in total. The topological polar surface area (TPSA) is 26.2 Å². The third-order valence-electron chi connectivity index (χ3n) is 3.46. The molecule has 0 spiro atoms. The molecule has 0 aliphatic carbocycles. The third kappa shape index (κ3) is 4.14. The van der Waals surface area contributed by atoms with Crippen LogP contribution in [0.25, 0.3) is 0 Å². The van der Waals surface area contributed by atoms with Crippen LogP contribution in [0.2, 0.25) is 0 Å². The van der Waals surface area contributed by atoms with Crippen LogP contribution >= 0.6 is 0 Å². The van der Waals surface area contributed by atoms with Crippen LogP contribution in [-0.4, -0.2) is 18.2 Å². The van der Waals surface area contributed by atoms with Crippen LogP contribution in [0.3, 0.4) is 0 Å². The first kappa shape index (κ1) is 14.7. The van der Waals surface area contributed by atoms with E-state index in [1.54, 1.807) is 0 Å². The van der Waals surface area contributed by atoms with Gasteiger partial charge in [0.15, 0.2) is 0 Å². The van der Waals surface area contributed by atoms with Gasteiger partial charge in [0.05, 0.1) is 6.54 Å². The second kappa shape index (κ2) is 7.75. The molecule has 1 atom stereocenters. The van der Waals surface area contributed by atoms with Crippen LogP contribution in [0.15, 0.2) is 48.8 Å². The molecular weight excluding hydrogens is 248 g/mol. The number of hydrogen-bond donors (Lipinski definition) is 1. The molecule has 0 saturated carbocycles. The quantitative estimate of drug-likeness (QED) is 0.794. The SMILES string of the molecule is CCCC(NC)c1ccn(CCOc2ccccc2)c1. The summed E-state index contributed by atoms with van der Waals surface area (Å²) in [4.78, 5) is 0. The van der Waals surface area contributed by atoms with Crippen LogP contribution in [0.1, 0.15) is 31.4 Å². The lowest BCUT2D eigenvalue weighted by Crippen LogP contribution is -2.15. The number of aromatic nitrogens is 1. The monoisotopic (exact) mass is 272 g/mol. The molecule has 2 rings (SSSR count). The van der Waals surface area contributed by atoms with Crippen LogP contribution < -0.4 is 10.1 Å². The summed E-state index contributed by atoms with van der Waals surface area (Å²) >= 11 is 0. The summed E-state index contributed by atoms with van der Waals surface area (Å²) in [5, 5.41) is 3.37. The largest absolute Gasteiger partial charge is 0.492 e. The zero-order chi connectivity index (χ0) is 14.2. The van der Waals surface area contributed by atoms with E-state index >= 15 is 0 Å². The first-order valence-corrected chi connectivity index (χ1v) is 7.34. The molecule has 0 aliphatic rings. The van der Waals surface area contributed by atoms with Crippen molar-refractivity contribution in [2.75, 3.05) is 13.7 Å². The van der Waals surface area contributed by atoms with E-state index in [-0.39, 0.29) is 0 Å². The van der Waals surface area contributed by atoms with Crippen molar-refractivity contribution in [2.45, 2.75) is 32.4 Å². The van der Waals surface area contributed by atoms with Crippen molar-refractivity contribution in [1.82, 2.24) is 9.88 Å². The van der Waals surface area contributed by atoms with Crippen molar-refractivity contribution >= 4 is 0 Å². The number of benzene rings is 1. The normalized spacial score (nSPS) is 12.3. The van der Waals surface area contributed by atoms with Gasteiger partial charge >= 0.3 is 0 Å². The molecule has 1 unspecified atom stereocenters. The second-order valence-corrected chi connectivity index (χ2v) is 4.97. The molecule has 0 radical (unpaired) electrons. The summed E-state index contributed by atoms with van der Waals surface area (Å²) < 4.78 is 7.91. The summed E-state index contributed by atoms with van der Waals surface area (Å²) in [6.45, 7) is 3.78. The molecule has 1 N–H and O–H groups in total. The Morgan fingerprint density at radius 2 is 2.00 bits per heavy atom. The van der Waals surface area contributed by atoms with Crippen LogP contribution in [-0.2, 0) is 6.54 Å². The summed E-state index contributed by atoms with van der Waals surface area (Å²) in [5.41, 5.74) is 1.36. The van der Waals surface area contributed by atoms with Crippen LogP contribution in [0.5, 0.6) is 5.75 Å². The predicted octanol–water partition coefficient (Wildman–Crippen LogP) is 3.63. The Morgan fingerprint density at radius 3 is 2.70 bits per heavy atom. The number of para-hydroxylation sites is 1. The number of rotatable bonds is 8. The van der Waals surface area contributed by atoms with Crippen molar-refractivity contribution in [2.24, 2.45) is 0 Å². The molecular formula is C17H24N2O. The van der Waals surface area contributed by atoms with Crippen LogP contribution in [0.4, 0.5) is 0 Å². The Balaban J connectivity index is 1.83. The van der Waals surface area contributed by atoms with Gasteiger partial charge in [-0.05, 0) is 37.2 Å². The van der Waals surface area contributed by atoms with E-state index in [2.05, 4.69) is 35.3 Å². The number of nitrogens with zero attached hydrogens (tertiary/aromatic N) is 1. The van der Waals surface area contributed by atoms with Crippen LogP contribution in [0, 0.1) is 0 Å². The van der Waals surface area contributed by atoms with Gasteiger partial charge in [-0.1, -0.05) is 31.5 Å². The zero-order valence-corrected chi connectivity index (χ0v) is 12.4. The van der Waals surface area contributed by atoms with E-state index in [0.29, 0.717) is 12.6 Å². The summed E-state index contributed by atoms with van der Waals surface area (Å²) in [5.74, 6) is 0.930. The molecule has 0 bridgehead atoms. The Bertz CT molecular complexity index is 493. The van der Waals surface area contributed by atoms with Crippen molar-refractivity contribution in [3.05, 3.63) is 54.4 Å². The average molecular weight is 272 g/mol. The number of hydrogen-bond acceptors (Lipinski definition) is 2. The molecule has 20 heavy (non-hydrogen) atoms. The molecule has 0 amide bonds. The van der Waals surface area contributed by atoms with Gasteiger partial charge in [0, 0.05) is 18.4 Å². The van der Waals surface area contributed by atoms with Gasteiger partial charge in [-0.15, -0.1) is 0 Å². The van der Waals surface area contributed by atoms with E-state index < -0.39 is 0 Å². The van der Waals surface area contributed by atoms with E-state index in [0.717, 1.165) is 12.3 Å². The lowest BCUT2D eigenvalue weighted by atomic mass is 10.1. The summed E-state index contributed by atoms with van der Waals surface area (Å²) in [6.07, 6.45) is 6.70. The van der Waals surface area contributed by atoms with Gasteiger partial charge in [-0.25, -0.2) is 0 Å². The first-order chi connectivity index (χ1) is 9.83. The molecule has 2 aromatic rings. The summed E-state index contributed by atoms with van der Waals surface area (Å²) in [6, 6.07) is 12.6. The molecule has 1 aromatic carbocycles. The molecule has 1 heterocycles. The second-order valence-electron chi connectivity index (χ2n) is 4.97. The third-order valence-corrected chi connectivity index (χ3v) is 3.46. The Hall–Kier alpha value is -1.74. The highest BCUT2D eigenvalue weighted by Crippen LogP contribution is 2.18. The van der Waals surface area contributed by atoms with Crippen molar-refractivity contribution in [3.63, 3.8) is 0 Å². The lowest BCUT2D eigenvalue weighted by molar-refractivity contribution is 0.298. The molecule has 0 aliphatic heterocycles. The predicted molar refractivity (Wildman–Crippen MR) is 83.1 cm³/mol. The fraction of sp³-hybridized carbons (Fsp3) is 0.412.